The van der Waals surface area contributed by atoms with Crippen LogP contribution < -0.4 is 4.74 Å². The first-order chi connectivity index (χ1) is 15.8. The molecule has 1 saturated heterocycles. The van der Waals surface area contributed by atoms with Crippen molar-refractivity contribution < 1.29 is 27.5 Å². The second-order valence-corrected chi connectivity index (χ2v) is 7.93. The summed E-state index contributed by atoms with van der Waals surface area (Å²) in [5.41, 5.74) is -0.0434. The monoisotopic (exact) mass is 452 g/mol. The number of fused-ring (bicyclic) bond motifs is 3. The summed E-state index contributed by atoms with van der Waals surface area (Å²) in [6.07, 6.45) is -4.49. The van der Waals surface area contributed by atoms with Gasteiger partial charge in [0.25, 0.3) is 11.8 Å². The van der Waals surface area contributed by atoms with Crippen molar-refractivity contribution in [3.8, 4) is 5.75 Å². The molecule has 3 aromatic carbocycles. The van der Waals surface area contributed by atoms with Crippen molar-refractivity contribution in [2.75, 3.05) is 20.2 Å². The summed E-state index contributed by atoms with van der Waals surface area (Å²) in [5.74, 6) is -0.0198. The van der Waals surface area contributed by atoms with Gasteiger partial charge >= 0.3 is 6.18 Å². The van der Waals surface area contributed by atoms with Crippen LogP contribution in [-0.2, 0) is 11.8 Å². The SMILES string of the molecule is COc1ccc(C23c4ccccc4C(=O)N2CCN3C(=O)c2ccc(C(F)(F)F)cc2)cc1. The lowest BCUT2D eigenvalue weighted by molar-refractivity contribution is -0.137. The molecule has 2 aliphatic rings. The van der Waals surface area contributed by atoms with Gasteiger partial charge in [-0.1, -0.05) is 30.3 Å². The summed E-state index contributed by atoms with van der Waals surface area (Å²) in [7, 11) is 1.55. The van der Waals surface area contributed by atoms with Gasteiger partial charge in [-0.15, -0.1) is 0 Å². The predicted molar refractivity (Wildman–Crippen MR) is 114 cm³/mol. The zero-order valence-corrected chi connectivity index (χ0v) is 17.6. The van der Waals surface area contributed by atoms with Crippen molar-refractivity contribution in [1.29, 1.82) is 0 Å². The fourth-order valence-electron chi connectivity index (χ4n) is 4.82. The van der Waals surface area contributed by atoms with Gasteiger partial charge in [-0.3, -0.25) is 9.59 Å². The minimum absolute atomic E-state index is 0.120. The van der Waals surface area contributed by atoms with Gasteiger partial charge < -0.3 is 14.5 Å². The van der Waals surface area contributed by atoms with Crippen molar-refractivity contribution in [3.05, 3.63) is 101 Å². The first kappa shape index (κ1) is 21.1. The molecule has 0 radical (unpaired) electrons. The summed E-state index contributed by atoms with van der Waals surface area (Å²) in [4.78, 5) is 30.2. The van der Waals surface area contributed by atoms with E-state index in [1.807, 2.05) is 6.07 Å². The van der Waals surface area contributed by atoms with Gasteiger partial charge in [-0.05, 0) is 42.5 Å². The zero-order valence-electron chi connectivity index (χ0n) is 17.6. The summed E-state index contributed by atoms with van der Waals surface area (Å²) < 4.78 is 44.3. The summed E-state index contributed by atoms with van der Waals surface area (Å²) in [6, 6.07) is 18.4. The van der Waals surface area contributed by atoms with E-state index in [1.165, 1.54) is 12.1 Å². The van der Waals surface area contributed by atoms with Gasteiger partial charge in [0.15, 0.2) is 5.66 Å². The van der Waals surface area contributed by atoms with E-state index in [2.05, 4.69) is 0 Å². The largest absolute Gasteiger partial charge is 0.497 e. The van der Waals surface area contributed by atoms with Gasteiger partial charge in [0.2, 0.25) is 0 Å². The Morgan fingerprint density at radius 2 is 1.61 bits per heavy atom. The number of halogens is 3. The highest BCUT2D eigenvalue weighted by molar-refractivity contribution is 6.03. The summed E-state index contributed by atoms with van der Waals surface area (Å²) in [5, 5.41) is 0. The molecule has 0 aromatic heterocycles. The van der Waals surface area contributed by atoms with Gasteiger partial charge in [-0.2, -0.15) is 13.2 Å². The van der Waals surface area contributed by atoms with Crippen LogP contribution in [0.1, 0.15) is 37.4 Å². The molecule has 3 aromatic rings. The smallest absolute Gasteiger partial charge is 0.416 e. The van der Waals surface area contributed by atoms with Crippen LogP contribution in [-0.4, -0.2) is 41.8 Å². The van der Waals surface area contributed by atoms with Crippen LogP contribution in [0.25, 0.3) is 0 Å². The third-order valence-electron chi connectivity index (χ3n) is 6.30. The number of carbonyl (C=O) groups is 2. The standard InChI is InChI=1S/C25H19F3N2O3/c1-33-19-12-10-17(11-13-19)24-21-5-3-2-4-20(21)23(32)30(24)15-14-29(24)22(31)16-6-8-18(9-7-16)25(26,27)28/h2-13H,14-15H2,1H3. The van der Waals surface area contributed by atoms with Crippen molar-refractivity contribution in [2.24, 2.45) is 0 Å². The molecule has 1 atom stereocenters. The summed E-state index contributed by atoms with van der Waals surface area (Å²) in [6.45, 7) is 0.540. The Morgan fingerprint density at radius 3 is 2.24 bits per heavy atom. The van der Waals surface area contributed by atoms with E-state index in [9.17, 15) is 22.8 Å². The second-order valence-electron chi connectivity index (χ2n) is 7.93. The molecule has 33 heavy (non-hydrogen) atoms. The lowest BCUT2D eigenvalue weighted by Crippen LogP contribution is -2.51. The topological polar surface area (TPSA) is 49.9 Å². The number of hydrogen-bond donors (Lipinski definition) is 0. The lowest BCUT2D eigenvalue weighted by atomic mass is 9.89. The molecular weight excluding hydrogens is 433 g/mol. The van der Waals surface area contributed by atoms with Crippen molar-refractivity contribution in [3.63, 3.8) is 0 Å². The molecule has 1 unspecified atom stereocenters. The Bertz CT molecular complexity index is 1240. The molecule has 2 amide bonds. The molecule has 168 valence electrons. The van der Waals surface area contributed by atoms with Crippen LogP contribution in [0.3, 0.4) is 0 Å². The Balaban J connectivity index is 1.66. The molecule has 0 N–H and O–H groups in total. The maximum atomic E-state index is 13.7. The van der Waals surface area contributed by atoms with Crippen molar-refractivity contribution in [1.82, 2.24) is 9.80 Å². The number of ether oxygens (including phenoxy) is 1. The van der Waals surface area contributed by atoms with E-state index in [-0.39, 0.29) is 18.0 Å². The number of nitrogens with zero attached hydrogens (tertiary/aromatic N) is 2. The molecule has 8 heteroatoms. The van der Waals surface area contributed by atoms with Crippen LogP contribution in [0.4, 0.5) is 13.2 Å². The van der Waals surface area contributed by atoms with Gasteiger partial charge in [0, 0.05) is 35.3 Å². The third-order valence-corrected chi connectivity index (χ3v) is 6.30. The number of methoxy groups -OCH3 is 1. The molecule has 5 rings (SSSR count). The molecule has 0 bridgehead atoms. The first-order valence-corrected chi connectivity index (χ1v) is 10.3. The van der Waals surface area contributed by atoms with E-state index >= 15 is 0 Å². The highest BCUT2D eigenvalue weighted by Gasteiger charge is 2.59. The molecule has 1 fully saturated rings. The number of carbonyl (C=O) groups excluding carboxylic acids is 2. The average molecular weight is 452 g/mol. The molecular formula is C25H19F3N2O3. The van der Waals surface area contributed by atoms with Gasteiger partial charge in [-0.25, -0.2) is 0 Å². The first-order valence-electron chi connectivity index (χ1n) is 10.3. The maximum absolute atomic E-state index is 13.7. The number of amides is 2. The highest BCUT2D eigenvalue weighted by atomic mass is 19.4. The Morgan fingerprint density at radius 1 is 0.939 bits per heavy atom. The van der Waals surface area contributed by atoms with E-state index in [0.29, 0.717) is 29.0 Å². The normalized spacial score (nSPS) is 19.5. The molecule has 2 aliphatic heterocycles. The fourth-order valence-corrected chi connectivity index (χ4v) is 4.82. The predicted octanol–water partition coefficient (Wildman–Crippen LogP) is 4.53. The van der Waals surface area contributed by atoms with Crippen LogP contribution in [0.5, 0.6) is 5.75 Å². The fraction of sp³-hybridized carbons (Fsp3) is 0.200. The molecule has 0 spiro atoms. The molecule has 5 nitrogen and oxygen atoms in total. The van der Waals surface area contributed by atoms with Crippen molar-refractivity contribution >= 4 is 11.8 Å². The second kappa shape index (κ2) is 7.37. The highest BCUT2D eigenvalue weighted by Crippen LogP contribution is 2.50. The Labute approximate surface area is 188 Å². The van der Waals surface area contributed by atoms with Gasteiger partial charge in [0.05, 0.1) is 12.7 Å². The average Bonchev–Trinajstić information content (AvgIpc) is 3.34. The molecule has 0 aliphatic carbocycles. The van der Waals surface area contributed by atoms with Crippen LogP contribution >= 0.6 is 0 Å². The molecule has 0 saturated carbocycles. The number of rotatable bonds is 3. The molecule has 2 heterocycles. The van der Waals surface area contributed by atoms with E-state index in [1.54, 1.807) is 59.4 Å². The quantitative estimate of drug-likeness (QED) is 0.587. The Hall–Kier alpha value is -3.81. The van der Waals surface area contributed by atoms with E-state index in [0.717, 1.165) is 12.1 Å². The Kier molecular flexibility index (Phi) is 4.70. The minimum atomic E-state index is -4.49. The lowest BCUT2D eigenvalue weighted by Gasteiger charge is -2.40. The van der Waals surface area contributed by atoms with E-state index in [4.69, 9.17) is 4.74 Å². The number of benzene rings is 3. The number of hydrogen-bond acceptors (Lipinski definition) is 3. The van der Waals surface area contributed by atoms with Crippen molar-refractivity contribution in [2.45, 2.75) is 11.8 Å². The summed E-state index contributed by atoms with van der Waals surface area (Å²) >= 11 is 0. The number of alkyl halides is 3. The maximum Gasteiger partial charge on any atom is 0.416 e. The minimum Gasteiger partial charge on any atom is -0.497 e. The van der Waals surface area contributed by atoms with Gasteiger partial charge in [0.1, 0.15) is 5.75 Å². The van der Waals surface area contributed by atoms with E-state index < -0.39 is 23.3 Å². The van der Waals surface area contributed by atoms with Crippen LogP contribution in [0, 0.1) is 0 Å². The zero-order chi connectivity index (χ0) is 23.4. The van der Waals surface area contributed by atoms with Crippen LogP contribution in [0.2, 0.25) is 0 Å². The van der Waals surface area contributed by atoms with Crippen LogP contribution in [0.15, 0.2) is 72.8 Å². The third kappa shape index (κ3) is 3.01.